The van der Waals surface area contributed by atoms with Gasteiger partial charge in [0.25, 0.3) is 0 Å². The number of hydrogen-bond donors (Lipinski definition) is 1. The Hall–Kier alpha value is -2.60. The van der Waals surface area contributed by atoms with Gasteiger partial charge in [-0.2, -0.15) is 0 Å². The monoisotopic (exact) mass is 330 g/mol. The average Bonchev–Trinajstić information content (AvgIpc) is 2.85. The number of carboxylic acids is 1. The third kappa shape index (κ3) is 2.98. The molecule has 1 aliphatic heterocycles. The molecule has 2 aliphatic rings. The molecule has 3 rings (SSSR count). The third-order valence-corrected chi connectivity index (χ3v) is 4.74. The van der Waals surface area contributed by atoms with E-state index in [1.807, 2.05) is 6.07 Å². The zero-order chi connectivity index (χ0) is 16.6. The lowest BCUT2D eigenvalue weighted by Crippen LogP contribution is -1.99. The summed E-state index contributed by atoms with van der Waals surface area (Å²) in [4.78, 5) is 11.2. The fourth-order valence-electron chi connectivity index (χ4n) is 2.58. The van der Waals surface area contributed by atoms with Crippen LogP contribution in [0, 0.1) is 0 Å². The largest absolute Gasteiger partial charge is 0.481 e. The molecule has 6 heteroatoms. The minimum Gasteiger partial charge on any atom is -0.481 e. The molecule has 23 heavy (non-hydrogen) atoms. The number of carbonyl (C=O) groups is 1. The smallest absolute Gasteiger partial charge is 0.307 e. The Kier molecular flexibility index (Phi) is 3.69. The van der Waals surface area contributed by atoms with Gasteiger partial charge in [-0.15, -0.1) is 0 Å². The number of fused-ring (bicyclic) bond motifs is 1. The van der Waals surface area contributed by atoms with Crippen LogP contribution >= 0.6 is 0 Å². The van der Waals surface area contributed by atoms with Gasteiger partial charge in [-0.1, -0.05) is 12.1 Å². The Balaban J connectivity index is 2.11. The van der Waals surface area contributed by atoms with Gasteiger partial charge in [0.2, 0.25) is 0 Å². The summed E-state index contributed by atoms with van der Waals surface area (Å²) >= 11 is 0. The molecule has 0 bridgehead atoms. The molecule has 0 fully saturated rings. The van der Waals surface area contributed by atoms with E-state index >= 15 is 0 Å². The van der Waals surface area contributed by atoms with Crippen molar-refractivity contribution in [1.29, 1.82) is 0 Å². The first-order valence-corrected chi connectivity index (χ1v) is 8.77. The molecule has 1 heterocycles. The maximum Gasteiger partial charge on any atom is 0.307 e. The average molecular weight is 330 g/mol. The number of rotatable bonds is 4. The van der Waals surface area contributed by atoms with Gasteiger partial charge in [0, 0.05) is 17.4 Å². The van der Waals surface area contributed by atoms with Gasteiger partial charge in [0.15, 0.2) is 9.84 Å². The quantitative estimate of drug-likeness (QED) is 0.794. The van der Waals surface area contributed by atoms with Crippen molar-refractivity contribution >= 4 is 15.8 Å². The molecule has 0 unspecified atom stereocenters. The maximum absolute atomic E-state index is 11.5. The summed E-state index contributed by atoms with van der Waals surface area (Å²) in [6.45, 7) is 0. The summed E-state index contributed by atoms with van der Waals surface area (Å²) in [6.07, 6.45) is 2.53. The molecule has 1 aliphatic carbocycles. The van der Waals surface area contributed by atoms with Crippen molar-refractivity contribution in [3.63, 3.8) is 0 Å². The van der Waals surface area contributed by atoms with Crippen LogP contribution in [0.15, 0.2) is 58.0 Å². The summed E-state index contributed by atoms with van der Waals surface area (Å²) in [6, 6.07) is 11.9. The van der Waals surface area contributed by atoms with E-state index in [0.717, 1.165) is 22.9 Å². The lowest BCUT2D eigenvalue weighted by atomic mass is 10.0. The molecular formula is C17H14O5S. The number of aliphatic carboxylic acids is 1. The topological polar surface area (TPSA) is 84.6 Å². The van der Waals surface area contributed by atoms with Crippen molar-refractivity contribution in [1.82, 2.24) is 0 Å². The summed E-state index contributed by atoms with van der Waals surface area (Å²) in [5, 5.41) is 9.02. The van der Waals surface area contributed by atoms with Crippen molar-refractivity contribution in [2.24, 2.45) is 0 Å². The van der Waals surface area contributed by atoms with Crippen molar-refractivity contribution in [2.75, 3.05) is 6.26 Å². The van der Waals surface area contributed by atoms with Crippen LogP contribution in [-0.4, -0.2) is 25.7 Å². The predicted octanol–water partition coefficient (Wildman–Crippen LogP) is 3.08. The second-order valence-corrected chi connectivity index (χ2v) is 7.32. The first-order valence-electron chi connectivity index (χ1n) is 6.87. The first kappa shape index (κ1) is 15.3. The normalized spacial score (nSPS) is 11.7. The van der Waals surface area contributed by atoms with Crippen molar-refractivity contribution in [3.05, 3.63) is 54.3 Å². The molecule has 1 aromatic rings. The predicted molar refractivity (Wildman–Crippen MR) is 85.2 cm³/mol. The standard InChI is InChI=1S/C17H14O5S/c1-23(20,21)13-6-4-11(5-7-13)15-9-12(10-16(18)19)17-14(15)3-2-8-22-17/h2-9H,10H2,1H3,(H,18,19). The van der Waals surface area contributed by atoms with E-state index < -0.39 is 15.8 Å². The summed E-state index contributed by atoms with van der Waals surface area (Å²) in [5.41, 5.74) is 3.02. The van der Waals surface area contributed by atoms with E-state index in [1.165, 1.54) is 6.26 Å². The summed E-state index contributed by atoms with van der Waals surface area (Å²) < 4.78 is 28.5. The van der Waals surface area contributed by atoms with Gasteiger partial charge >= 0.3 is 5.97 Å². The second kappa shape index (κ2) is 5.55. The zero-order valence-electron chi connectivity index (χ0n) is 12.3. The van der Waals surface area contributed by atoms with Gasteiger partial charge in [0.05, 0.1) is 17.6 Å². The van der Waals surface area contributed by atoms with Crippen molar-refractivity contribution in [3.8, 4) is 22.5 Å². The molecule has 1 N–H and O–H groups in total. The lowest BCUT2D eigenvalue weighted by molar-refractivity contribution is -0.136. The molecule has 0 radical (unpaired) electrons. The van der Waals surface area contributed by atoms with Gasteiger partial charge < -0.3 is 9.52 Å². The van der Waals surface area contributed by atoms with Crippen LogP contribution in [0.4, 0.5) is 0 Å². The van der Waals surface area contributed by atoms with Crippen LogP contribution < -0.4 is 0 Å². The van der Waals surface area contributed by atoms with E-state index in [4.69, 9.17) is 9.52 Å². The number of carboxylic acid groups (broad SMARTS) is 1. The Morgan fingerprint density at radius 3 is 2.43 bits per heavy atom. The third-order valence-electron chi connectivity index (χ3n) is 3.61. The Labute approximate surface area is 133 Å². The highest BCUT2D eigenvalue weighted by Gasteiger charge is 2.20. The van der Waals surface area contributed by atoms with E-state index in [9.17, 15) is 13.2 Å². The van der Waals surface area contributed by atoms with Crippen LogP contribution in [-0.2, 0) is 21.1 Å². The number of benzene rings is 1. The number of hydrogen-bond acceptors (Lipinski definition) is 4. The van der Waals surface area contributed by atoms with E-state index in [-0.39, 0.29) is 11.3 Å². The molecule has 0 amide bonds. The van der Waals surface area contributed by atoms with Gasteiger partial charge in [-0.3, -0.25) is 4.79 Å². The molecule has 1 aromatic carbocycles. The molecule has 0 atom stereocenters. The van der Waals surface area contributed by atoms with E-state index in [1.54, 1.807) is 36.4 Å². The zero-order valence-corrected chi connectivity index (χ0v) is 13.1. The highest BCUT2D eigenvalue weighted by molar-refractivity contribution is 7.90. The SMILES string of the molecule is CS(=O)(=O)c1ccc(-c2cc(CC(=O)O)c3occcc2-3)cc1. The maximum atomic E-state index is 11.5. The lowest BCUT2D eigenvalue weighted by Gasteiger charge is -2.05. The molecule has 0 aromatic heterocycles. The Morgan fingerprint density at radius 1 is 1.13 bits per heavy atom. The molecular weight excluding hydrogens is 316 g/mol. The summed E-state index contributed by atoms with van der Waals surface area (Å²) in [7, 11) is -3.25. The fraction of sp³-hybridized carbons (Fsp3) is 0.118. The van der Waals surface area contributed by atoms with Crippen LogP contribution in [0.2, 0.25) is 0 Å². The highest BCUT2D eigenvalue weighted by atomic mass is 32.2. The first-order chi connectivity index (χ1) is 10.9. The van der Waals surface area contributed by atoms with E-state index in [2.05, 4.69) is 0 Å². The van der Waals surface area contributed by atoms with Crippen LogP contribution in [0.3, 0.4) is 0 Å². The molecule has 118 valence electrons. The van der Waals surface area contributed by atoms with Crippen LogP contribution in [0.25, 0.3) is 22.5 Å². The van der Waals surface area contributed by atoms with Crippen LogP contribution in [0.1, 0.15) is 5.56 Å². The minimum absolute atomic E-state index is 0.133. The Bertz CT molecular complexity index is 935. The number of sulfone groups is 1. The second-order valence-electron chi connectivity index (χ2n) is 5.31. The summed E-state index contributed by atoms with van der Waals surface area (Å²) in [5.74, 6) is -0.396. The highest BCUT2D eigenvalue weighted by Crippen LogP contribution is 2.39. The van der Waals surface area contributed by atoms with Gasteiger partial charge in [0.1, 0.15) is 5.76 Å². The van der Waals surface area contributed by atoms with Crippen molar-refractivity contribution in [2.45, 2.75) is 11.3 Å². The van der Waals surface area contributed by atoms with E-state index in [0.29, 0.717) is 11.3 Å². The van der Waals surface area contributed by atoms with Gasteiger partial charge in [-0.05, 0) is 41.5 Å². The molecule has 5 nitrogen and oxygen atoms in total. The fourth-order valence-corrected chi connectivity index (χ4v) is 3.21. The van der Waals surface area contributed by atoms with Crippen LogP contribution in [0.5, 0.6) is 0 Å². The van der Waals surface area contributed by atoms with Crippen molar-refractivity contribution < 1.29 is 22.7 Å². The minimum atomic E-state index is -3.25. The molecule has 0 saturated carbocycles. The molecule has 0 saturated heterocycles. The Morgan fingerprint density at radius 2 is 1.83 bits per heavy atom. The van der Waals surface area contributed by atoms with Gasteiger partial charge in [-0.25, -0.2) is 8.42 Å². The molecule has 0 spiro atoms.